The fourth-order valence-corrected chi connectivity index (χ4v) is 1.71. The number of rotatable bonds is 0. The molecule has 0 spiro atoms. The number of hydrogen-bond acceptors (Lipinski definition) is 3. The predicted octanol–water partition coefficient (Wildman–Crippen LogP) is 1.22. The summed E-state index contributed by atoms with van der Waals surface area (Å²) < 4.78 is 0. The van der Waals surface area contributed by atoms with Gasteiger partial charge in [0.2, 0.25) is 0 Å². The van der Waals surface area contributed by atoms with Gasteiger partial charge in [0.1, 0.15) is 0 Å². The molecule has 1 saturated carbocycles. The van der Waals surface area contributed by atoms with Gasteiger partial charge in [0.25, 0.3) is 0 Å². The van der Waals surface area contributed by atoms with Crippen LogP contribution >= 0.6 is 0 Å². The molecule has 0 N–H and O–H groups in total. The summed E-state index contributed by atoms with van der Waals surface area (Å²) in [7, 11) is 2.01. The Morgan fingerprint density at radius 1 is 1.44 bits per heavy atom. The fourth-order valence-electron chi connectivity index (χ4n) is 1.71. The van der Waals surface area contributed by atoms with Crippen LogP contribution in [-0.4, -0.2) is 24.1 Å². The van der Waals surface area contributed by atoms with Crippen molar-refractivity contribution in [2.45, 2.75) is 31.3 Å². The zero-order valence-corrected chi connectivity index (χ0v) is 5.62. The van der Waals surface area contributed by atoms with Crippen LogP contribution in [0.25, 0.3) is 0 Å². The molecule has 1 fully saturated rings. The molecular formula is C6H11N3. The summed E-state index contributed by atoms with van der Waals surface area (Å²) in [6.45, 7) is 0. The molecule has 1 aliphatic heterocycles. The Morgan fingerprint density at radius 3 is 3.11 bits per heavy atom. The Hall–Kier alpha value is -0.600. The van der Waals surface area contributed by atoms with Gasteiger partial charge in [0.15, 0.2) is 0 Å². The van der Waals surface area contributed by atoms with E-state index in [1.807, 2.05) is 12.1 Å². The number of nitrogens with zero attached hydrogens (tertiary/aromatic N) is 3. The average molecular weight is 125 g/mol. The third-order valence-electron chi connectivity index (χ3n) is 2.26. The molecule has 0 aromatic rings. The molecule has 1 heterocycles. The van der Waals surface area contributed by atoms with Crippen molar-refractivity contribution in [3.05, 3.63) is 0 Å². The summed E-state index contributed by atoms with van der Waals surface area (Å²) in [6, 6.07) is 1.18. The second kappa shape index (κ2) is 1.69. The van der Waals surface area contributed by atoms with Crippen molar-refractivity contribution in [2.24, 2.45) is 10.3 Å². The Labute approximate surface area is 54.7 Å². The van der Waals surface area contributed by atoms with Crippen LogP contribution in [0.2, 0.25) is 0 Å². The van der Waals surface area contributed by atoms with Crippen molar-refractivity contribution in [1.82, 2.24) is 5.01 Å². The molecule has 0 saturated heterocycles. The smallest absolute Gasteiger partial charge is 0.0949 e. The molecule has 50 valence electrons. The first kappa shape index (κ1) is 5.21. The van der Waals surface area contributed by atoms with E-state index in [1.165, 1.54) is 19.3 Å². The predicted molar refractivity (Wildman–Crippen MR) is 34.0 cm³/mol. The van der Waals surface area contributed by atoms with Crippen LogP contribution in [0.1, 0.15) is 19.3 Å². The highest BCUT2D eigenvalue weighted by molar-refractivity contribution is 4.90. The van der Waals surface area contributed by atoms with Gasteiger partial charge in [-0.3, -0.25) is 5.01 Å². The zero-order valence-electron chi connectivity index (χ0n) is 5.62. The van der Waals surface area contributed by atoms with Gasteiger partial charge >= 0.3 is 0 Å². The van der Waals surface area contributed by atoms with Gasteiger partial charge in [-0.25, -0.2) is 0 Å². The molecule has 0 aromatic carbocycles. The Kier molecular flexibility index (Phi) is 0.976. The van der Waals surface area contributed by atoms with Gasteiger partial charge in [-0.15, -0.1) is 0 Å². The average Bonchev–Trinajstić information content (AvgIpc) is 2.35. The molecule has 2 atom stereocenters. The van der Waals surface area contributed by atoms with Crippen molar-refractivity contribution in [1.29, 1.82) is 0 Å². The maximum atomic E-state index is 4.13. The standard InChI is InChI=1S/C6H11N3/c1-9-6-4-2-3-5(6)7-8-9/h5-6H,2-4H2,1H3. The highest BCUT2D eigenvalue weighted by Crippen LogP contribution is 2.30. The fraction of sp³-hybridized carbons (Fsp3) is 1.00. The number of fused-ring (bicyclic) bond motifs is 1. The van der Waals surface area contributed by atoms with Gasteiger partial charge < -0.3 is 0 Å². The molecule has 2 rings (SSSR count). The molecule has 2 unspecified atom stereocenters. The van der Waals surface area contributed by atoms with E-state index in [0.717, 1.165) is 0 Å². The maximum absolute atomic E-state index is 4.13. The van der Waals surface area contributed by atoms with E-state index in [9.17, 15) is 0 Å². The van der Waals surface area contributed by atoms with Crippen LogP contribution in [0.5, 0.6) is 0 Å². The van der Waals surface area contributed by atoms with E-state index in [1.54, 1.807) is 0 Å². The van der Waals surface area contributed by atoms with Crippen LogP contribution in [0.3, 0.4) is 0 Å². The minimum absolute atomic E-state index is 0.537. The summed E-state index contributed by atoms with van der Waals surface area (Å²) in [5.74, 6) is 0. The summed E-state index contributed by atoms with van der Waals surface area (Å²) in [5, 5.41) is 10.1. The van der Waals surface area contributed by atoms with Crippen LogP contribution in [-0.2, 0) is 0 Å². The molecule has 3 heteroatoms. The lowest BCUT2D eigenvalue weighted by Crippen LogP contribution is -2.26. The lowest BCUT2D eigenvalue weighted by molar-refractivity contribution is 0.283. The molecule has 0 radical (unpaired) electrons. The Morgan fingerprint density at radius 2 is 2.33 bits per heavy atom. The van der Waals surface area contributed by atoms with Crippen molar-refractivity contribution in [3.63, 3.8) is 0 Å². The SMILES string of the molecule is CN1N=NC2CCCC21. The van der Waals surface area contributed by atoms with Gasteiger partial charge in [0, 0.05) is 7.05 Å². The molecule has 3 nitrogen and oxygen atoms in total. The lowest BCUT2D eigenvalue weighted by Gasteiger charge is -2.13. The molecule has 0 aromatic heterocycles. The van der Waals surface area contributed by atoms with Crippen molar-refractivity contribution in [2.75, 3.05) is 7.05 Å². The van der Waals surface area contributed by atoms with E-state index in [0.29, 0.717) is 12.1 Å². The second-order valence-corrected chi connectivity index (χ2v) is 2.84. The monoisotopic (exact) mass is 125 g/mol. The first-order valence-corrected chi connectivity index (χ1v) is 3.51. The second-order valence-electron chi connectivity index (χ2n) is 2.84. The Balaban J connectivity index is 2.15. The minimum Gasteiger partial charge on any atom is -0.277 e. The highest BCUT2D eigenvalue weighted by Gasteiger charge is 2.34. The van der Waals surface area contributed by atoms with Crippen molar-refractivity contribution >= 4 is 0 Å². The van der Waals surface area contributed by atoms with Crippen molar-refractivity contribution < 1.29 is 0 Å². The van der Waals surface area contributed by atoms with Gasteiger partial charge in [-0.2, -0.15) is 5.11 Å². The third kappa shape index (κ3) is 0.637. The van der Waals surface area contributed by atoms with Crippen LogP contribution in [0, 0.1) is 0 Å². The highest BCUT2D eigenvalue weighted by atomic mass is 15.6. The summed E-state index contributed by atoms with van der Waals surface area (Å²) in [5.41, 5.74) is 0. The van der Waals surface area contributed by atoms with E-state index in [2.05, 4.69) is 10.3 Å². The third-order valence-corrected chi connectivity index (χ3v) is 2.26. The normalized spacial score (nSPS) is 39.9. The first-order valence-electron chi connectivity index (χ1n) is 3.51. The number of likely N-dealkylation sites (N-methyl/N-ethyl adjacent to an activating group) is 1. The van der Waals surface area contributed by atoms with E-state index >= 15 is 0 Å². The van der Waals surface area contributed by atoms with Crippen LogP contribution < -0.4 is 0 Å². The zero-order chi connectivity index (χ0) is 6.27. The molecular weight excluding hydrogens is 114 g/mol. The summed E-state index contributed by atoms with van der Waals surface area (Å²) in [6.07, 6.45) is 3.87. The molecule has 9 heavy (non-hydrogen) atoms. The maximum Gasteiger partial charge on any atom is 0.0949 e. The number of hydrogen-bond donors (Lipinski definition) is 0. The van der Waals surface area contributed by atoms with Crippen LogP contribution in [0.4, 0.5) is 0 Å². The molecule has 2 aliphatic rings. The molecule has 0 bridgehead atoms. The first-order chi connectivity index (χ1) is 4.38. The van der Waals surface area contributed by atoms with E-state index in [-0.39, 0.29) is 0 Å². The van der Waals surface area contributed by atoms with Gasteiger partial charge in [-0.05, 0) is 19.3 Å². The minimum atomic E-state index is 0.537. The van der Waals surface area contributed by atoms with E-state index in [4.69, 9.17) is 0 Å². The van der Waals surface area contributed by atoms with E-state index < -0.39 is 0 Å². The topological polar surface area (TPSA) is 28.0 Å². The summed E-state index contributed by atoms with van der Waals surface area (Å²) >= 11 is 0. The van der Waals surface area contributed by atoms with Gasteiger partial charge in [0.05, 0.1) is 12.1 Å². The molecule has 0 amide bonds. The molecule has 1 aliphatic carbocycles. The quantitative estimate of drug-likeness (QED) is 0.478. The largest absolute Gasteiger partial charge is 0.277 e. The van der Waals surface area contributed by atoms with Gasteiger partial charge in [-0.1, -0.05) is 5.22 Å². The lowest BCUT2D eigenvalue weighted by atomic mass is 10.2. The summed E-state index contributed by atoms with van der Waals surface area (Å²) in [4.78, 5) is 0. The van der Waals surface area contributed by atoms with Crippen molar-refractivity contribution in [3.8, 4) is 0 Å². The van der Waals surface area contributed by atoms with Crippen LogP contribution in [0.15, 0.2) is 10.3 Å². The Bertz CT molecular complexity index is 143.